The summed E-state index contributed by atoms with van der Waals surface area (Å²) in [6, 6.07) is 9.55. The van der Waals surface area contributed by atoms with Crippen molar-refractivity contribution < 1.29 is 14.3 Å². The van der Waals surface area contributed by atoms with Gasteiger partial charge in [0.1, 0.15) is 17.2 Å². The molecule has 0 spiro atoms. The number of rotatable bonds is 4. The zero-order valence-electron chi connectivity index (χ0n) is 10.8. The zero-order valence-corrected chi connectivity index (χ0v) is 10.8. The fourth-order valence-corrected chi connectivity index (χ4v) is 1.55. The molecule has 102 valence electrons. The minimum absolute atomic E-state index is 0.263. The Morgan fingerprint density at radius 1 is 1.15 bits per heavy atom. The first-order valence-electron chi connectivity index (χ1n) is 5.86. The Hall–Kier alpha value is -2.89. The maximum absolute atomic E-state index is 11.5. The third kappa shape index (κ3) is 3.11. The van der Waals surface area contributed by atoms with Crippen molar-refractivity contribution in [3.8, 4) is 11.5 Å². The van der Waals surface area contributed by atoms with E-state index in [9.17, 15) is 9.59 Å². The number of nitrogens with zero attached hydrogens (tertiary/aromatic N) is 1. The van der Waals surface area contributed by atoms with Gasteiger partial charge in [-0.1, -0.05) is 0 Å². The van der Waals surface area contributed by atoms with Gasteiger partial charge in [-0.25, -0.2) is 0 Å². The fourth-order valence-electron chi connectivity index (χ4n) is 1.55. The molecule has 20 heavy (non-hydrogen) atoms. The third-order valence-electron chi connectivity index (χ3n) is 2.57. The molecular formula is C14H13N3O3. The van der Waals surface area contributed by atoms with Crippen molar-refractivity contribution in [3.05, 3.63) is 53.9 Å². The summed E-state index contributed by atoms with van der Waals surface area (Å²) < 4.78 is 5.58. The summed E-state index contributed by atoms with van der Waals surface area (Å²) in [5.41, 5.74) is 5.82. The number of aromatic nitrogens is 1. The van der Waals surface area contributed by atoms with Crippen molar-refractivity contribution in [2.75, 3.05) is 7.05 Å². The van der Waals surface area contributed by atoms with Crippen molar-refractivity contribution in [2.24, 2.45) is 5.73 Å². The van der Waals surface area contributed by atoms with Crippen molar-refractivity contribution >= 4 is 11.8 Å². The van der Waals surface area contributed by atoms with Gasteiger partial charge in [0.15, 0.2) is 0 Å². The quantitative estimate of drug-likeness (QED) is 0.877. The van der Waals surface area contributed by atoms with E-state index in [0.29, 0.717) is 17.1 Å². The van der Waals surface area contributed by atoms with Gasteiger partial charge in [-0.2, -0.15) is 0 Å². The van der Waals surface area contributed by atoms with E-state index in [0.717, 1.165) is 0 Å². The van der Waals surface area contributed by atoms with E-state index in [1.807, 2.05) is 0 Å². The molecule has 0 unspecified atom stereocenters. The number of nitrogens with two attached hydrogens (primary N) is 1. The lowest BCUT2D eigenvalue weighted by molar-refractivity contribution is 0.0956. The van der Waals surface area contributed by atoms with Crippen LogP contribution in [0.1, 0.15) is 20.8 Å². The van der Waals surface area contributed by atoms with Crippen LogP contribution >= 0.6 is 0 Å². The number of carbonyl (C=O) groups is 2. The van der Waals surface area contributed by atoms with Gasteiger partial charge in [0.2, 0.25) is 5.91 Å². The summed E-state index contributed by atoms with van der Waals surface area (Å²) in [6.07, 6.45) is 1.48. The van der Waals surface area contributed by atoms with Crippen LogP contribution < -0.4 is 15.8 Å². The Morgan fingerprint density at radius 2 is 1.85 bits per heavy atom. The van der Waals surface area contributed by atoms with Crippen molar-refractivity contribution in [3.63, 3.8) is 0 Å². The molecule has 6 nitrogen and oxygen atoms in total. The highest BCUT2D eigenvalue weighted by atomic mass is 16.5. The number of carbonyl (C=O) groups excluding carboxylic acids is 2. The van der Waals surface area contributed by atoms with Crippen LogP contribution in [0.25, 0.3) is 0 Å². The highest BCUT2D eigenvalue weighted by molar-refractivity contribution is 5.93. The molecule has 0 atom stereocenters. The Kier molecular flexibility index (Phi) is 3.95. The molecule has 0 radical (unpaired) electrons. The number of ether oxygens (including phenoxy) is 1. The van der Waals surface area contributed by atoms with E-state index in [-0.39, 0.29) is 11.6 Å². The summed E-state index contributed by atoms with van der Waals surface area (Å²) in [6.45, 7) is 0. The van der Waals surface area contributed by atoms with Crippen LogP contribution in [0.2, 0.25) is 0 Å². The van der Waals surface area contributed by atoms with Gasteiger partial charge in [-0.05, 0) is 30.3 Å². The summed E-state index contributed by atoms with van der Waals surface area (Å²) in [7, 11) is 1.53. The summed E-state index contributed by atoms with van der Waals surface area (Å²) >= 11 is 0. The van der Waals surface area contributed by atoms with Gasteiger partial charge in [-0.3, -0.25) is 14.6 Å². The second-order valence-electron chi connectivity index (χ2n) is 3.95. The molecule has 2 amide bonds. The van der Waals surface area contributed by atoms with E-state index < -0.39 is 5.91 Å². The van der Waals surface area contributed by atoms with Crippen LogP contribution in [0.5, 0.6) is 11.5 Å². The average molecular weight is 271 g/mol. The fraction of sp³-hybridized carbons (Fsp3) is 0.0714. The molecule has 2 rings (SSSR count). The van der Waals surface area contributed by atoms with Crippen LogP contribution in [-0.2, 0) is 0 Å². The number of hydrogen-bond acceptors (Lipinski definition) is 4. The first kappa shape index (κ1) is 13.5. The molecule has 0 saturated carbocycles. The zero-order chi connectivity index (χ0) is 14.5. The lowest BCUT2D eigenvalue weighted by Gasteiger charge is -2.07. The minimum atomic E-state index is -0.498. The molecule has 0 saturated heterocycles. The molecule has 0 aliphatic rings. The Bertz CT molecular complexity index is 638. The molecule has 6 heteroatoms. The second kappa shape index (κ2) is 5.83. The van der Waals surface area contributed by atoms with Gasteiger partial charge < -0.3 is 15.8 Å². The number of amides is 2. The molecule has 1 aromatic heterocycles. The topological polar surface area (TPSA) is 94.3 Å². The summed E-state index contributed by atoms with van der Waals surface area (Å²) in [5.74, 6) is 0.219. The molecular weight excluding hydrogens is 258 g/mol. The maximum atomic E-state index is 11.5. The predicted molar refractivity (Wildman–Crippen MR) is 72.7 cm³/mol. The van der Waals surface area contributed by atoms with Crippen LogP contribution in [-0.4, -0.2) is 23.8 Å². The van der Waals surface area contributed by atoms with Gasteiger partial charge in [-0.15, -0.1) is 0 Å². The summed E-state index contributed by atoms with van der Waals surface area (Å²) in [5, 5.41) is 2.48. The van der Waals surface area contributed by atoms with Gasteiger partial charge >= 0.3 is 0 Å². The predicted octanol–water partition coefficient (Wildman–Crippen LogP) is 1.33. The van der Waals surface area contributed by atoms with E-state index >= 15 is 0 Å². The Labute approximate surface area is 115 Å². The van der Waals surface area contributed by atoms with Gasteiger partial charge in [0, 0.05) is 24.9 Å². The largest absolute Gasteiger partial charge is 0.457 e. The Morgan fingerprint density at radius 3 is 2.45 bits per heavy atom. The smallest absolute Gasteiger partial charge is 0.269 e. The number of hydrogen-bond donors (Lipinski definition) is 2. The number of benzene rings is 1. The molecule has 0 aliphatic carbocycles. The van der Waals surface area contributed by atoms with E-state index in [4.69, 9.17) is 10.5 Å². The Balaban J connectivity index is 2.17. The molecule has 0 fully saturated rings. The molecule has 1 heterocycles. The second-order valence-corrected chi connectivity index (χ2v) is 3.95. The molecule has 1 aromatic carbocycles. The monoisotopic (exact) mass is 271 g/mol. The van der Waals surface area contributed by atoms with Crippen LogP contribution in [0, 0.1) is 0 Å². The van der Waals surface area contributed by atoms with Crippen LogP contribution in [0.4, 0.5) is 0 Å². The molecule has 0 bridgehead atoms. The van der Waals surface area contributed by atoms with Crippen molar-refractivity contribution in [1.29, 1.82) is 0 Å². The highest BCUT2D eigenvalue weighted by Gasteiger charge is 2.07. The highest BCUT2D eigenvalue weighted by Crippen LogP contribution is 2.21. The number of pyridine rings is 1. The first-order chi connectivity index (χ1) is 9.60. The first-order valence-corrected chi connectivity index (χ1v) is 5.86. The lowest BCUT2D eigenvalue weighted by atomic mass is 10.2. The van der Waals surface area contributed by atoms with E-state index in [1.165, 1.54) is 19.3 Å². The van der Waals surface area contributed by atoms with Gasteiger partial charge in [0.25, 0.3) is 5.91 Å². The van der Waals surface area contributed by atoms with Crippen LogP contribution in [0.15, 0.2) is 42.6 Å². The average Bonchev–Trinajstić information content (AvgIpc) is 2.47. The van der Waals surface area contributed by atoms with E-state index in [1.54, 1.807) is 30.3 Å². The summed E-state index contributed by atoms with van der Waals surface area (Å²) in [4.78, 5) is 26.3. The minimum Gasteiger partial charge on any atom is -0.457 e. The van der Waals surface area contributed by atoms with Crippen molar-refractivity contribution in [2.45, 2.75) is 0 Å². The third-order valence-corrected chi connectivity index (χ3v) is 2.57. The number of primary amides is 1. The van der Waals surface area contributed by atoms with Gasteiger partial charge in [0.05, 0.1) is 0 Å². The molecule has 2 aromatic rings. The SMILES string of the molecule is CNC(=O)c1cc(Oc2ccc(C(N)=O)cc2)ccn1. The van der Waals surface area contributed by atoms with Crippen LogP contribution in [0.3, 0.4) is 0 Å². The normalized spacial score (nSPS) is 9.85. The van der Waals surface area contributed by atoms with E-state index in [2.05, 4.69) is 10.3 Å². The van der Waals surface area contributed by atoms with Crippen molar-refractivity contribution in [1.82, 2.24) is 10.3 Å². The standard InChI is InChI=1S/C14H13N3O3/c1-16-14(19)12-8-11(6-7-17-12)20-10-4-2-9(3-5-10)13(15)18/h2-8H,1H3,(H2,15,18)(H,16,19). The molecule has 3 N–H and O–H groups in total. The molecule has 0 aliphatic heterocycles. The lowest BCUT2D eigenvalue weighted by Crippen LogP contribution is -2.18. The number of nitrogens with one attached hydrogen (secondary N) is 1. The maximum Gasteiger partial charge on any atom is 0.269 e.